The van der Waals surface area contributed by atoms with Crippen molar-refractivity contribution in [1.82, 2.24) is 0 Å². The van der Waals surface area contributed by atoms with Crippen LogP contribution in [0.1, 0.15) is 23.6 Å². The lowest BCUT2D eigenvalue weighted by Gasteiger charge is -2.16. The van der Waals surface area contributed by atoms with E-state index in [0.29, 0.717) is 12.3 Å². The van der Waals surface area contributed by atoms with Gasteiger partial charge in [0.15, 0.2) is 6.10 Å². The Hall–Kier alpha value is -1.55. The molecule has 1 rings (SSSR count). The third-order valence-corrected chi connectivity index (χ3v) is 2.40. The molecule has 0 saturated heterocycles. The van der Waals surface area contributed by atoms with E-state index < -0.39 is 12.1 Å². The average molecular weight is 223 g/mol. The molecule has 0 spiro atoms. The third-order valence-electron chi connectivity index (χ3n) is 2.40. The average Bonchev–Trinajstić information content (AvgIpc) is 2.22. The first-order valence-electron chi connectivity index (χ1n) is 5.15. The normalized spacial score (nSPS) is 12.2. The minimum absolute atomic E-state index is 0.469. The summed E-state index contributed by atoms with van der Waals surface area (Å²) < 4.78 is 5.40. The van der Waals surface area contributed by atoms with Gasteiger partial charge in [-0.2, -0.15) is 0 Å². The summed E-state index contributed by atoms with van der Waals surface area (Å²) in [5, 5.41) is 8.78. The molecule has 0 radical (unpaired) electrons. The Morgan fingerprint density at radius 1 is 1.44 bits per heavy atom. The van der Waals surface area contributed by atoms with E-state index in [1.807, 2.05) is 26.0 Å². The minimum Gasteiger partial charge on any atom is -0.479 e. The number of carboxylic acid groups (broad SMARTS) is 1. The van der Waals surface area contributed by atoms with Crippen LogP contribution in [0.5, 0.6) is 5.75 Å². The van der Waals surface area contributed by atoms with Crippen molar-refractivity contribution in [3.63, 3.8) is 0 Å². The molecule has 0 aliphatic heterocycles. The lowest BCUT2D eigenvalue weighted by atomic mass is 10.1. The van der Waals surface area contributed by atoms with Gasteiger partial charge >= 0.3 is 5.97 Å². The van der Waals surface area contributed by atoms with Crippen LogP contribution in [0.15, 0.2) is 12.1 Å². The molecule has 0 saturated carbocycles. The summed E-state index contributed by atoms with van der Waals surface area (Å²) in [5.74, 6) is -0.339. The van der Waals surface area contributed by atoms with Crippen LogP contribution in [-0.2, 0) is 11.3 Å². The first-order chi connectivity index (χ1) is 7.45. The Kier molecular flexibility index (Phi) is 3.90. The molecule has 4 nitrogen and oxygen atoms in total. The summed E-state index contributed by atoms with van der Waals surface area (Å²) in [6, 6.07) is 3.83. The highest BCUT2D eigenvalue weighted by Gasteiger charge is 2.15. The number of benzene rings is 1. The second-order valence-corrected chi connectivity index (χ2v) is 3.86. The maximum atomic E-state index is 10.7. The molecule has 0 fully saturated rings. The van der Waals surface area contributed by atoms with Crippen molar-refractivity contribution < 1.29 is 14.6 Å². The molecule has 88 valence electrons. The summed E-state index contributed by atoms with van der Waals surface area (Å²) >= 11 is 0. The van der Waals surface area contributed by atoms with Crippen molar-refractivity contribution in [3.05, 3.63) is 28.8 Å². The van der Waals surface area contributed by atoms with Gasteiger partial charge in [-0.3, -0.25) is 0 Å². The summed E-state index contributed by atoms with van der Waals surface area (Å²) in [4.78, 5) is 10.7. The maximum Gasteiger partial charge on any atom is 0.344 e. The molecule has 1 aromatic carbocycles. The highest BCUT2D eigenvalue weighted by atomic mass is 16.5. The highest BCUT2D eigenvalue weighted by Crippen LogP contribution is 2.25. The van der Waals surface area contributed by atoms with E-state index in [0.717, 1.165) is 16.7 Å². The van der Waals surface area contributed by atoms with Gasteiger partial charge in [0.2, 0.25) is 0 Å². The van der Waals surface area contributed by atoms with Crippen LogP contribution in [0.4, 0.5) is 0 Å². The lowest BCUT2D eigenvalue weighted by Crippen LogP contribution is -2.23. The molecule has 1 aromatic rings. The van der Waals surface area contributed by atoms with Crippen LogP contribution >= 0.6 is 0 Å². The SMILES string of the molecule is Cc1cc(CN)cc(C)c1OC(C)C(=O)O. The Balaban J connectivity index is 3.01. The smallest absolute Gasteiger partial charge is 0.344 e. The van der Waals surface area contributed by atoms with E-state index in [4.69, 9.17) is 15.6 Å². The van der Waals surface area contributed by atoms with Gasteiger partial charge in [0.25, 0.3) is 0 Å². The predicted molar refractivity (Wildman–Crippen MR) is 61.5 cm³/mol. The van der Waals surface area contributed by atoms with Gasteiger partial charge in [0.05, 0.1) is 0 Å². The monoisotopic (exact) mass is 223 g/mol. The van der Waals surface area contributed by atoms with E-state index in [9.17, 15) is 4.79 Å². The fourth-order valence-electron chi connectivity index (χ4n) is 1.57. The number of hydrogen-bond donors (Lipinski definition) is 2. The second kappa shape index (κ2) is 4.99. The summed E-state index contributed by atoms with van der Waals surface area (Å²) in [6.07, 6.45) is -0.846. The molecule has 0 heterocycles. The van der Waals surface area contributed by atoms with Gasteiger partial charge in [0, 0.05) is 6.54 Å². The van der Waals surface area contributed by atoms with Gasteiger partial charge in [-0.1, -0.05) is 12.1 Å². The van der Waals surface area contributed by atoms with Gasteiger partial charge < -0.3 is 15.6 Å². The second-order valence-electron chi connectivity index (χ2n) is 3.86. The number of aliphatic carboxylic acids is 1. The van der Waals surface area contributed by atoms with Crippen LogP contribution in [-0.4, -0.2) is 17.2 Å². The van der Waals surface area contributed by atoms with E-state index in [2.05, 4.69) is 0 Å². The number of nitrogens with two attached hydrogens (primary N) is 1. The lowest BCUT2D eigenvalue weighted by molar-refractivity contribution is -0.144. The Morgan fingerprint density at radius 3 is 2.31 bits per heavy atom. The van der Waals surface area contributed by atoms with Crippen molar-refractivity contribution in [1.29, 1.82) is 0 Å². The molecule has 1 atom stereocenters. The van der Waals surface area contributed by atoms with Crippen LogP contribution in [0.3, 0.4) is 0 Å². The standard InChI is InChI=1S/C12H17NO3/c1-7-4-10(6-13)5-8(2)11(7)16-9(3)12(14)15/h4-5,9H,6,13H2,1-3H3,(H,14,15). The molecule has 4 heteroatoms. The number of hydrogen-bond acceptors (Lipinski definition) is 3. The van der Waals surface area contributed by atoms with Crippen molar-refractivity contribution in [3.8, 4) is 5.75 Å². The van der Waals surface area contributed by atoms with E-state index in [1.54, 1.807) is 0 Å². The fourth-order valence-corrected chi connectivity index (χ4v) is 1.57. The van der Waals surface area contributed by atoms with Crippen LogP contribution in [0.25, 0.3) is 0 Å². The Morgan fingerprint density at radius 2 is 1.94 bits per heavy atom. The van der Waals surface area contributed by atoms with Crippen LogP contribution in [0, 0.1) is 13.8 Å². The van der Waals surface area contributed by atoms with Gasteiger partial charge in [-0.25, -0.2) is 4.79 Å². The number of carbonyl (C=O) groups is 1. The predicted octanol–water partition coefficient (Wildman–Crippen LogP) is 1.61. The zero-order chi connectivity index (χ0) is 12.3. The maximum absolute atomic E-state index is 10.7. The Labute approximate surface area is 95.0 Å². The molecule has 0 aliphatic carbocycles. The molecule has 1 unspecified atom stereocenters. The first-order valence-corrected chi connectivity index (χ1v) is 5.15. The summed E-state index contributed by atoms with van der Waals surface area (Å²) in [7, 11) is 0. The van der Waals surface area contributed by atoms with Gasteiger partial charge in [-0.15, -0.1) is 0 Å². The van der Waals surface area contributed by atoms with Gasteiger partial charge in [0.1, 0.15) is 5.75 Å². The number of carboxylic acids is 1. The molecular weight excluding hydrogens is 206 g/mol. The van der Waals surface area contributed by atoms with Crippen LogP contribution in [0.2, 0.25) is 0 Å². The molecule has 16 heavy (non-hydrogen) atoms. The van der Waals surface area contributed by atoms with Gasteiger partial charge in [-0.05, 0) is 37.5 Å². The third kappa shape index (κ3) is 2.73. The molecular formula is C12H17NO3. The molecule has 0 amide bonds. The largest absolute Gasteiger partial charge is 0.479 e. The first kappa shape index (κ1) is 12.5. The quantitative estimate of drug-likeness (QED) is 0.813. The minimum atomic E-state index is -0.971. The Bertz CT molecular complexity index is 378. The van der Waals surface area contributed by atoms with E-state index >= 15 is 0 Å². The molecule has 0 aromatic heterocycles. The zero-order valence-electron chi connectivity index (χ0n) is 9.78. The van der Waals surface area contributed by atoms with E-state index in [1.165, 1.54) is 6.92 Å². The van der Waals surface area contributed by atoms with E-state index in [-0.39, 0.29) is 0 Å². The highest BCUT2D eigenvalue weighted by molar-refractivity contribution is 5.72. The molecule has 0 bridgehead atoms. The zero-order valence-corrected chi connectivity index (χ0v) is 9.78. The topological polar surface area (TPSA) is 72.5 Å². The number of rotatable bonds is 4. The van der Waals surface area contributed by atoms with Crippen molar-refractivity contribution >= 4 is 5.97 Å². The van der Waals surface area contributed by atoms with Crippen molar-refractivity contribution in [2.45, 2.75) is 33.4 Å². The van der Waals surface area contributed by atoms with Crippen LogP contribution < -0.4 is 10.5 Å². The number of aryl methyl sites for hydroxylation is 2. The molecule has 0 aliphatic rings. The summed E-state index contributed by atoms with van der Waals surface area (Å²) in [5.41, 5.74) is 8.39. The molecule has 3 N–H and O–H groups in total. The number of ether oxygens (including phenoxy) is 1. The fraction of sp³-hybridized carbons (Fsp3) is 0.417. The summed E-state index contributed by atoms with van der Waals surface area (Å²) in [6.45, 7) is 5.75. The van der Waals surface area contributed by atoms with Crippen molar-refractivity contribution in [2.24, 2.45) is 5.73 Å². The van der Waals surface area contributed by atoms with Crippen molar-refractivity contribution in [2.75, 3.05) is 0 Å².